The number of hydrogen-bond donors (Lipinski definition) is 2. The van der Waals surface area contributed by atoms with Gasteiger partial charge in [0.05, 0.1) is 5.69 Å². The van der Waals surface area contributed by atoms with Crippen molar-refractivity contribution in [3.8, 4) is 0 Å². The Balaban J connectivity index is 2.58. The minimum atomic E-state index is 0.919. The van der Waals surface area contributed by atoms with Crippen LogP contribution < -0.4 is 11.0 Å². The van der Waals surface area contributed by atoms with Gasteiger partial charge in [-0.1, -0.05) is 24.3 Å². The highest BCUT2D eigenvalue weighted by atomic mass is 16.8. The first-order valence-corrected chi connectivity index (χ1v) is 4.18. The lowest BCUT2D eigenvalue weighted by molar-refractivity contribution is 0.109. The van der Waals surface area contributed by atoms with Crippen LogP contribution in [0.25, 0.3) is 6.08 Å². The molecule has 0 spiro atoms. The van der Waals surface area contributed by atoms with Gasteiger partial charge in [-0.15, -0.1) is 0 Å². The van der Waals surface area contributed by atoms with Gasteiger partial charge in [0.1, 0.15) is 0 Å². The molecular formula is C10H14N2O. The summed E-state index contributed by atoms with van der Waals surface area (Å²) in [6.07, 6.45) is 4.05. The van der Waals surface area contributed by atoms with E-state index in [1.165, 1.54) is 5.56 Å². The van der Waals surface area contributed by atoms with Crippen LogP contribution in [0.15, 0.2) is 30.3 Å². The maximum Gasteiger partial charge on any atom is 0.0624 e. The number of hydroxylamine groups is 1. The van der Waals surface area contributed by atoms with Crippen LogP contribution in [-0.2, 0) is 4.94 Å². The first-order chi connectivity index (χ1) is 6.36. The van der Waals surface area contributed by atoms with E-state index in [-0.39, 0.29) is 0 Å². The molecule has 0 aliphatic rings. The summed E-state index contributed by atoms with van der Waals surface area (Å²) < 4.78 is 0. The van der Waals surface area contributed by atoms with E-state index in [2.05, 4.69) is 11.0 Å². The molecule has 70 valence electrons. The summed E-state index contributed by atoms with van der Waals surface area (Å²) in [7, 11) is 1.70. The molecule has 3 nitrogen and oxygen atoms in total. The largest absolute Gasteiger partial charge is 0.248 e. The van der Waals surface area contributed by atoms with Gasteiger partial charge in [0.25, 0.3) is 0 Å². The Hall–Kier alpha value is -1.32. The normalized spacial score (nSPS) is 10.6. The molecule has 1 rings (SSSR count). The van der Waals surface area contributed by atoms with Crippen LogP contribution in [0.4, 0.5) is 5.69 Å². The van der Waals surface area contributed by atoms with Crippen molar-refractivity contribution in [2.75, 3.05) is 12.5 Å². The van der Waals surface area contributed by atoms with Gasteiger partial charge in [-0.25, -0.2) is 5.48 Å². The number of benzene rings is 1. The molecule has 0 saturated carbocycles. The Bertz CT molecular complexity index is 267. The first-order valence-electron chi connectivity index (χ1n) is 4.18. The third-order valence-electron chi connectivity index (χ3n) is 1.54. The van der Waals surface area contributed by atoms with Gasteiger partial charge in [-0.3, -0.25) is 0 Å². The van der Waals surface area contributed by atoms with Crippen LogP contribution >= 0.6 is 0 Å². The summed E-state index contributed by atoms with van der Waals surface area (Å²) in [4.78, 5) is 4.80. The molecule has 0 bridgehead atoms. The predicted molar refractivity (Wildman–Crippen MR) is 54.9 cm³/mol. The molecular weight excluding hydrogens is 164 g/mol. The third kappa shape index (κ3) is 3.27. The summed E-state index contributed by atoms with van der Waals surface area (Å²) in [5.41, 5.74) is 7.36. The Kier molecular flexibility index (Phi) is 4.02. The van der Waals surface area contributed by atoms with Gasteiger partial charge in [0, 0.05) is 7.05 Å². The number of allylic oxidation sites excluding steroid dienone is 1. The average Bonchev–Trinajstić information content (AvgIpc) is 2.17. The summed E-state index contributed by atoms with van der Waals surface area (Å²) in [5, 5.41) is 0. The molecule has 0 amide bonds. The van der Waals surface area contributed by atoms with Gasteiger partial charge < -0.3 is 0 Å². The van der Waals surface area contributed by atoms with Gasteiger partial charge in [0.15, 0.2) is 0 Å². The Morgan fingerprint density at radius 3 is 2.46 bits per heavy atom. The van der Waals surface area contributed by atoms with Crippen LogP contribution in [0.2, 0.25) is 0 Å². The number of anilines is 1. The molecule has 0 aromatic heterocycles. The number of rotatable bonds is 4. The highest BCUT2D eigenvalue weighted by molar-refractivity contribution is 5.53. The van der Waals surface area contributed by atoms with Crippen molar-refractivity contribution < 1.29 is 4.94 Å². The van der Waals surface area contributed by atoms with E-state index in [0.717, 1.165) is 5.69 Å². The molecule has 0 aliphatic heterocycles. The lowest BCUT2D eigenvalue weighted by Crippen LogP contribution is -2.12. The van der Waals surface area contributed by atoms with E-state index in [4.69, 9.17) is 4.94 Å². The minimum Gasteiger partial charge on any atom is -0.248 e. The van der Waals surface area contributed by atoms with Crippen LogP contribution in [0.5, 0.6) is 0 Å². The molecule has 0 atom stereocenters. The van der Waals surface area contributed by atoms with E-state index in [1.54, 1.807) is 7.05 Å². The monoisotopic (exact) mass is 178 g/mol. The fourth-order valence-corrected chi connectivity index (χ4v) is 0.965. The third-order valence-corrected chi connectivity index (χ3v) is 1.54. The molecule has 3 heteroatoms. The maximum atomic E-state index is 4.80. The van der Waals surface area contributed by atoms with E-state index in [1.807, 2.05) is 43.3 Å². The molecule has 0 heterocycles. The van der Waals surface area contributed by atoms with Crippen molar-refractivity contribution in [1.29, 1.82) is 0 Å². The van der Waals surface area contributed by atoms with Gasteiger partial charge >= 0.3 is 0 Å². The van der Waals surface area contributed by atoms with Crippen LogP contribution in [0.1, 0.15) is 12.5 Å². The maximum absolute atomic E-state index is 4.80. The quantitative estimate of drug-likeness (QED) is 0.693. The lowest BCUT2D eigenvalue weighted by Gasteiger charge is -2.04. The second-order valence-corrected chi connectivity index (χ2v) is 2.53. The molecule has 2 N–H and O–H groups in total. The van der Waals surface area contributed by atoms with E-state index in [0.29, 0.717) is 0 Å². The summed E-state index contributed by atoms with van der Waals surface area (Å²) >= 11 is 0. The van der Waals surface area contributed by atoms with Crippen molar-refractivity contribution in [3.63, 3.8) is 0 Å². The minimum absolute atomic E-state index is 0.919. The predicted octanol–water partition coefficient (Wildman–Crippen LogP) is 2.20. The second-order valence-electron chi connectivity index (χ2n) is 2.53. The summed E-state index contributed by atoms with van der Waals surface area (Å²) in [6, 6.07) is 7.93. The van der Waals surface area contributed by atoms with Crippen LogP contribution in [0.3, 0.4) is 0 Å². The highest BCUT2D eigenvalue weighted by Gasteiger charge is 1.89. The van der Waals surface area contributed by atoms with Crippen molar-refractivity contribution in [1.82, 2.24) is 5.48 Å². The molecule has 0 saturated heterocycles. The molecule has 0 aliphatic carbocycles. The van der Waals surface area contributed by atoms with E-state index >= 15 is 0 Å². The zero-order valence-corrected chi connectivity index (χ0v) is 7.87. The van der Waals surface area contributed by atoms with E-state index in [9.17, 15) is 0 Å². The standard InChI is InChI=1S/C10H14N2O/c1-3-4-9-5-7-10(8-6-9)12-13-11-2/h3-8,11-12H,1-2H3. The zero-order chi connectivity index (χ0) is 9.52. The van der Waals surface area contributed by atoms with Crippen LogP contribution in [-0.4, -0.2) is 7.05 Å². The highest BCUT2D eigenvalue weighted by Crippen LogP contribution is 2.10. The number of nitrogens with one attached hydrogen (secondary N) is 2. The summed E-state index contributed by atoms with van der Waals surface area (Å²) in [5.74, 6) is 0. The smallest absolute Gasteiger partial charge is 0.0624 e. The Morgan fingerprint density at radius 2 is 1.92 bits per heavy atom. The average molecular weight is 178 g/mol. The second kappa shape index (κ2) is 5.35. The van der Waals surface area contributed by atoms with Crippen molar-refractivity contribution in [2.24, 2.45) is 0 Å². The molecule has 0 unspecified atom stereocenters. The zero-order valence-electron chi connectivity index (χ0n) is 7.87. The van der Waals surface area contributed by atoms with E-state index < -0.39 is 0 Å². The molecule has 0 radical (unpaired) electrons. The van der Waals surface area contributed by atoms with Crippen molar-refractivity contribution in [2.45, 2.75) is 6.92 Å². The van der Waals surface area contributed by atoms with Crippen molar-refractivity contribution >= 4 is 11.8 Å². The van der Waals surface area contributed by atoms with Crippen molar-refractivity contribution in [3.05, 3.63) is 35.9 Å². The lowest BCUT2D eigenvalue weighted by atomic mass is 10.2. The van der Waals surface area contributed by atoms with Gasteiger partial charge in [-0.05, 0) is 24.6 Å². The fraction of sp³-hybridized carbons (Fsp3) is 0.200. The van der Waals surface area contributed by atoms with Gasteiger partial charge in [0.2, 0.25) is 0 Å². The Labute approximate surface area is 78.3 Å². The molecule has 1 aromatic carbocycles. The molecule has 0 fully saturated rings. The molecule has 13 heavy (non-hydrogen) atoms. The fourth-order valence-electron chi connectivity index (χ4n) is 0.965. The number of hydrogen-bond acceptors (Lipinski definition) is 3. The first kappa shape index (κ1) is 9.77. The molecule has 1 aromatic rings. The summed E-state index contributed by atoms with van der Waals surface area (Å²) in [6.45, 7) is 2.00. The van der Waals surface area contributed by atoms with Crippen LogP contribution in [0, 0.1) is 0 Å². The Morgan fingerprint density at radius 1 is 1.23 bits per heavy atom. The SMILES string of the molecule is CC=Cc1ccc(NONC)cc1. The van der Waals surface area contributed by atoms with Gasteiger partial charge in [-0.2, -0.15) is 10.4 Å². The topological polar surface area (TPSA) is 33.3 Å².